The second kappa shape index (κ2) is 8.99. The molecule has 0 radical (unpaired) electrons. The maximum atomic E-state index is 12.5. The zero-order chi connectivity index (χ0) is 21.8. The Balaban J connectivity index is 1.53. The molecule has 0 atom stereocenters. The molecule has 3 heterocycles. The van der Waals surface area contributed by atoms with Crippen molar-refractivity contribution < 1.29 is 4.79 Å². The van der Waals surface area contributed by atoms with Gasteiger partial charge in [-0.3, -0.25) is 14.3 Å². The first-order chi connectivity index (χ1) is 14.9. The van der Waals surface area contributed by atoms with Gasteiger partial charge in [0.05, 0.1) is 11.4 Å². The van der Waals surface area contributed by atoms with Crippen LogP contribution >= 0.6 is 23.1 Å². The highest BCUT2D eigenvalue weighted by atomic mass is 32.2. The summed E-state index contributed by atoms with van der Waals surface area (Å²) >= 11 is 2.77. The number of carbonyl (C=O) groups is 1. The molecule has 7 nitrogen and oxygen atoms in total. The van der Waals surface area contributed by atoms with Crippen LogP contribution in [0.4, 0.5) is 5.13 Å². The van der Waals surface area contributed by atoms with Gasteiger partial charge >= 0.3 is 0 Å². The van der Waals surface area contributed by atoms with Crippen LogP contribution in [0.25, 0.3) is 17.1 Å². The maximum Gasteiger partial charge on any atom is 0.236 e. The average molecular weight is 451 g/mol. The molecule has 1 N–H and O–H groups in total. The fourth-order valence-electron chi connectivity index (χ4n) is 2.82. The Hall–Kier alpha value is -3.04. The van der Waals surface area contributed by atoms with Crippen molar-refractivity contribution >= 4 is 34.1 Å². The van der Waals surface area contributed by atoms with E-state index in [4.69, 9.17) is 0 Å². The lowest BCUT2D eigenvalue weighted by molar-refractivity contribution is -0.113. The highest BCUT2D eigenvalue weighted by Crippen LogP contribution is 2.29. The van der Waals surface area contributed by atoms with Crippen molar-refractivity contribution in [1.29, 1.82) is 0 Å². The fourth-order valence-corrected chi connectivity index (χ4v) is 4.52. The summed E-state index contributed by atoms with van der Waals surface area (Å²) in [5, 5.41) is 14.8. The van der Waals surface area contributed by atoms with Crippen LogP contribution in [0.2, 0.25) is 0 Å². The number of amides is 1. The largest absolute Gasteiger partial charge is 0.301 e. The van der Waals surface area contributed by atoms with Crippen molar-refractivity contribution in [3.05, 3.63) is 65.9 Å². The van der Waals surface area contributed by atoms with Gasteiger partial charge < -0.3 is 5.32 Å². The number of anilines is 1. The summed E-state index contributed by atoms with van der Waals surface area (Å²) in [6, 6.07) is 13.6. The number of pyridine rings is 1. The Morgan fingerprint density at radius 2 is 1.94 bits per heavy atom. The van der Waals surface area contributed by atoms with Gasteiger partial charge in [0.2, 0.25) is 5.91 Å². The maximum absolute atomic E-state index is 12.5. The zero-order valence-electron chi connectivity index (χ0n) is 17.4. The molecule has 1 aromatic carbocycles. The smallest absolute Gasteiger partial charge is 0.236 e. The van der Waals surface area contributed by atoms with E-state index >= 15 is 0 Å². The van der Waals surface area contributed by atoms with Gasteiger partial charge in [-0.15, -0.1) is 21.5 Å². The number of thioether (sulfide) groups is 1. The van der Waals surface area contributed by atoms with E-state index in [0.29, 0.717) is 16.1 Å². The molecule has 0 saturated carbocycles. The minimum Gasteiger partial charge on any atom is -0.301 e. The van der Waals surface area contributed by atoms with Crippen LogP contribution in [-0.2, 0) is 10.2 Å². The highest BCUT2D eigenvalue weighted by Gasteiger charge is 2.20. The number of aromatic nitrogens is 5. The van der Waals surface area contributed by atoms with Gasteiger partial charge in [0.1, 0.15) is 0 Å². The summed E-state index contributed by atoms with van der Waals surface area (Å²) in [6.45, 7) is 6.29. The molecule has 3 aromatic heterocycles. The van der Waals surface area contributed by atoms with Crippen molar-refractivity contribution in [1.82, 2.24) is 24.7 Å². The molecule has 158 valence electrons. The molecule has 0 bridgehead atoms. The first-order valence-electron chi connectivity index (χ1n) is 9.72. The first-order valence-corrected chi connectivity index (χ1v) is 11.6. The second-order valence-electron chi connectivity index (χ2n) is 7.84. The third kappa shape index (κ3) is 5.00. The van der Waals surface area contributed by atoms with Crippen LogP contribution in [0.15, 0.2) is 65.4 Å². The SMILES string of the molecule is CC(C)(C)c1csc(NC(=O)CSc2nnc(-c3cccnc3)n2-c2ccccc2)n1. The van der Waals surface area contributed by atoms with E-state index in [9.17, 15) is 4.79 Å². The van der Waals surface area contributed by atoms with Crippen LogP contribution in [-0.4, -0.2) is 36.4 Å². The summed E-state index contributed by atoms with van der Waals surface area (Å²) in [5.74, 6) is 0.741. The van der Waals surface area contributed by atoms with Crippen molar-refractivity contribution in [2.75, 3.05) is 11.1 Å². The van der Waals surface area contributed by atoms with Gasteiger partial charge in [-0.05, 0) is 24.3 Å². The Morgan fingerprint density at radius 3 is 2.61 bits per heavy atom. The monoisotopic (exact) mass is 450 g/mol. The normalized spacial score (nSPS) is 11.5. The highest BCUT2D eigenvalue weighted by molar-refractivity contribution is 7.99. The van der Waals surface area contributed by atoms with Crippen molar-refractivity contribution in [2.24, 2.45) is 0 Å². The number of benzene rings is 1. The lowest BCUT2D eigenvalue weighted by atomic mass is 9.93. The number of para-hydroxylation sites is 1. The topological polar surface area (TPSA) is 85.6 Å². The van der Waals surface area contributed by atoms with E-state index in [2.05, 4.69) is 46.3 Å². The second-order valence-corrected chi connectivity index (χ2v) is 9.64. The van der Waals surface area contributed by atoms with Crippen LogP contribution in [0.5, 0.6) is 0 Å². The van der Waals surface area contributed by atoms with Crippen LogP contribution in [0.1, 0.15) is 26.5 Å². The number of nitrogens with zero attached hydrogens (tertiary/aromatic N) is 5. The Kier molecular flexibility index (Phi) is 6.15. The van der Waals surface area contributed by atoms with E-state index in [1.165, 1.54) is 23.1 Å². The molecule has 31 heavy (non-hydrogen) atoms. The van der Waals surface area contributed by atoms with Crippen LogP contribution in [0.3, 0.4) is 0 Å². The van der Waals surface area contributed by atoms with Crippen LogP contribution in [0, 0.1) is 0 Å². The number of thiazole rings is 1. The third-order valence-corrected chi connectivity index (χ3v) is 6.11. The molecule has 0 aliphatic rings. The number of hydrogen-bond acceptors (Lipinski definition) is 7. The summed E-state index contributed by atoms with van der Waals surface area (Å²) in [7, 11) is 0. The molecule has 0 aliphatic carbocycles. The van der Waals surface area contributed by atoms with E-state index in [0.717, 1.165) is 16.9 Å². The van der Waals surface area contributed by atoms with Gasteiger partial charge in [0.15, 0.2) is 16.1 Å². The van der Waals surface area contributed by atoms with Gasteiger partial charge in [0.25, 0.3) is 0 Å². The summed E-state index contributed by atoms with van der Waals surface area (Å²) in [5.41, 5.74) is 2.69. The van der Waals surface area contributed by atoms with Crippen molar-refractivity contribution in [3.8, 4) is 17.1 Å². The number of nitrogens with one attached hydrogen (secondary N) is 1. The molecular weight excluding hydrogens is 428 g/mol. The molecule has 0 fully saturated rings. The molecule has 0 aliphatic heterocycles. The molecule has 1 amide bonds. The summed E-state index contributed by atoms with van der Waals surface area (Å²) in [6.07, 6.45) is 3.47. The molecular formula is C22H22N6OS2. The van der Waals surface area contributed by atoms with E-state index < -0.39 is 0 Å². The third-order valence-electron chi connectivity index (χ3n) is 4.42. The Morgan fingerprint density at radius 1 is 1.13 bits per heavy atom. The van der Waals surface area contributed by atoms with E-state index in [1.807, 2.05) is 52.4 Å². The van der Waals surface area contributed by atoms with Gasteiger partial charge in [-0.25, -0.2) is 4.98 Å². The zero-order valence-corrected chi connectivity index (χ0v) is 19.1. The quantitative estimate of drug-likeness (QED) is 0.424. The fraction of sp³-hybridized carbons (Fsp3) is 0.227. The molecule has 4 rings (SSSR count). The van der Waals surface area contributed by atoms with Gasteiger partial charge in [-0.2, -0.15) is 0 Å². The van der Waals surface area contributed by atoms with Gasteiger partial charge in [0, 0.05) is 34.4 Å². The Labute approximate surface area is 189 Å². The van der Waals surface area contributed by atoms with Crippen molar-refractivity contribution in [2.45, 2.75) is 31.3 Å². The standard InChI is InChI=1S/C22H22N6OS2/c1-22(2,3)17-13-30-20(24-17)25-18(29)14-31-21-27-26-19(15-8-7-11-23-12-15)28(21)16-9-5-4-6-10-16/h4-13H,14H2,1-3H3,(H,24,25,29). The van der Waals surface area contributed by atoms with Gasteiger partial charge in [-0.1, -0.05) is 50.7 Å². The van der Waals surface area contributed by atoms with E-state index in [-0.39, 0.29) is 17.1 Å². The first kappa shape index (κ1) is 21.2. The van der Waals surface area contributed by atoms with E-state index in [1.54, 1.807) is 12.4 Å². The summed E-state index contributed by atoms with van der Waals surface area (Å²) < 4.78 is 1.94. The predicted octanol–water partition coefficient (Wildman–Crippen LogP) is 4.81. The minimum atomic E-state index is -0.134. The molecule has 0 unspecified atom stereocenters. The summed E-state index contributed by atoms with van der Waals surface area (Å²) in [4.78, 5) is 21.2. The minimum absolute atomic E-state index is 0.0526. The molecule has 0 saturated heterocycles. The number of hydrogen-bond donors (Lipinski definition) is 1. The van der Waals surface area contributed by atoms with Crippen molar-refractivity contribution in [3.63, 3.8) is 0 Å². The lowest BCUT2D eigenvalue weighted by Gasteiger charge is -2.14. The predicted molar refractivity (Wildman–Crippen MR) is 125 cm³/mol. The average Bonchev–Trinajstić information content (AvgIpc) is 3.40. The number of rotatable bonds is 6. The Bertz CT molecular complexity index is 1170. The lowest BCUT2D eigenvalue weighted by Crippen LogP contribution is -2.16. The number of carbonyl (C=O) groups excluding carboxylic acids is 1. The van der Waals surface area contributed by atoms with Crippen LogP contribution < -0.4 is 5.32 Å². The molecule has 4 aromatic rings. The molecule has 0 spiro atoms. The molecule has 9 heteroatoms.